The van der Waals surface area contributed by atoms with Gasteiger partial charge in [0.2, 0.25) is 5.13 Å². The fraction of sp³-hybridized carbons (Fsp3) is 0.192. The lowest BCUT2D eigenvalue weighted by atomic mass is 10.1. The third kappa shape index (κ3) is 4.99. The van der Waals surface area contributed by atoms with Crippen LogP contribution >= 0.6 is 22.9 Å². The van der Waals surface area contributed by atoms with E-state index in [1.54, 1.807) is 4.57 Å². The number of aromatic nitrogens is 4. The van der Waals surface area contributed by atoms with E-state index in [9.17, 15) is 26.3 Å². The maximum Gasteiger partial charge on any atom is 0.417 e. The summed E-state index contributed by atoms with van der Waals surface area (Å²) < 4.78 is 96.7. The predicted molar refractivity (Wildman–Crippen MR) is 137 cm³/mol. The molecule has 0 radical (unpaired) electrons. The average molecular weight is 598 g/mol. The minimum Gasteiger partial charge on any atom is -0.328 e. The highest BCUT2D eigenvalue weighted by Crippen LogP contribution is 2.44. The third-order valence-electron chi connectivity index (χ3n) is 6.32. The Balaban J connectivity index is 1.36. The van der Waals surface area contributed by atoms with Crippen molar-refractivity contribution in [1.82, 2.24) is 19.7 Å². The first-order valence-electron chi connectivity index (χ1n) is 11.8. The van der Waals surface area contributed by atoms with Crippen molar-refractivity contribution < 1.29 is 30.7 Å². The van der Waals surface area contributed by atoms with E-state index in [-0.39, 0.29) is 38.8 Å². The molecule has 5 nitrogen and oxygen atoms in total. The molecule has 0 unspecified atom stereocenters. The van der Waals surface area contributed by atoms with E-state index in [1.807, 2.05) is 0 Å². The van der Waals surface area contributed by atoms with Gasteiger partial charge in [-0.15, -0.1) is 10.2 Å². The second-order valence-corrected chi connectivity index (χ2v) is 10.6. The molecule has 5 aromatic rings. The van der Waals surface area contributed by atoms with Gasteiger partial charge in [0.05, 0.1) is 32.9 Å². The molecule has 206 valence electrons. The number of hydrogen-bond donors (Lipinski definition) is 1. The Bertz CT molecular complexity index is 1750. The van der Waals surface area contributed by atoms with Gasteiger partial charge in [0, 0.05) is 23.2 Å². The van der Waals surface area contributed by atoms with Crippen molar-refractivity contribution in [3.05, 3.63) is 76.6 Å². The molecule has 1 saturated carbocycles. The fourth-order valence-electron chi connectivity index (χ4n) is 4.33. The Kier molecular flexibility index (Phi) is 6.26. The van der Waals surface area contributed by atoms with E-state index in [2.05, 4.69) is 20.5 Å². The largest absolute Gasteiger partial charge is 0.417 e. The lowest BCUT2D eigenvalue weighted by Crippen LogP contribution is -2.06. The lowest BCUT2D eigenvalue weighted by Gasteiger charge is -2.12. The lowest BCUT2D eigenvalue weighted by molar-refractivity contribution is -0.138. The molecule has 1 aliphatic rings. The van der Waals surface area contributed by atoms with Crippen molar-refractivity contribution in [2.24, 2.45) is 0 Å². The van der Waals surface area contributed by atoms with Crippen LogP contribution in [-0.2, 0) is 12.4 Å². The molecule has 1 fully saturated rings. The first kappa shape index (κ1) is 26.5. The zero-order valence-corrected chi connectivity index (χ0v) is 21.5. The Labute approximate surface area is 230 Å². The Hall–Kier alpha value is -3.71. The molecule has 0 saturated heterocycles. The average Bonchev–Trinajstić information content (AvgIpc) is 3.50. The molecule has 6 rings (SSSR count). The van der Waals surface area contributed by atoms with Crippen LogP contribution in [0.2, 0.25) is 5.02 Å². The molecule has 14 heteroatoms. The molecule has 1 N–H and O–H groups in total. The second-order valence-electron chi connectivity index (χ2n) is 9.17. The summed E-state index contributed by atoms with van der Waals surface area (Å²) in [6.07, 6.45) is -7.66. The van der Waals surface area contributed by atoms with E-state index in [4.69, 9.17) is 11.6 Å². The van der Waals surface area contributed by atoms with Gasteiger partial charge in [-0.3, -0.25) is 0 Å². The highest BCUT2D eigenvalue weighted by molar-refractivity contribution is 7.18. The number of alkyl halides is 6. The molecular formula is C26H15ClF7N5S. The number of fused-ring (bicyclic) bond motifs is 1. The molecule has 40 heavy (non-hydrogen) atoms. The van der Waals surface area contributed by atoms with Crippen molar-refractivity contribution in [2.75, 3.05) is 5.32 Å². The quantitative estimate of drug-likeness (QED) is 0.205. The van der Waals surface area contributed by atoms with Gasteiger partial charge in [-0.05, 0) is 49.2 Å². The van der Waals surface area contributed by atoms with Crippen LogP contribution in [0, 0.1) is 5.82 Å². The van der Waals surface area contributed by atoms with Gasteiger partial charge < -0.3 is 9.88 Å². The van der Waals surface area contributed by atoms with Crippen LogP contribution < -0.4 is 5.32 Å². The highest BCUT2D eigenvalue weighted by Gasteiger charge is 2.35. The van der Waals surface area contributed by atoms with Crippen molar-refractivity contribution in [1.29, 1.82) is 0 Å². The maximum atomic E-state index is 15.2. The molecule has 0 atom stereocenters. The van der Waals surface area contributed by atoms with Gasteiger partial charge in [0.1, 0.15) is 16.6 Å². The Morgan fingerprint density at radius 3 is 2.38 bits per heavy atom. The SMILES string of the molecule is Fc1cc2c(cc1Nc1nnc(-c3cccc(C(F)(F)F)c3)s1)nc(-c1ccc(Cl)c(C(F)(F)F)c1)n2C1CC1. The zero-order valence-electron chi connectivity index (χ0n) is 19.9. The summed E-state index contributed by atoms with van der Waals surface area (Å²) in [7, 11) is 0. The van der Waals surface area contributed by atoms with E-state index >= 15 is 4.39 Å². The van der Waals surface area contributed by atoms with E-state index in [0.717, 1.165) is 48.4 Å². The van der Waals surface area contributed by atoms with E-state index < -0.39 is 34.3 Å². The number of nitrogens with zero attached hydrogens (tertiary/aromatic N) is 4. The number of rotatable bonds is 5. The molecule has 0 aliphatic heterocycles. The number of hydrogen-bond acceptors (Lipinski definition) is 5. The van der Waals surface area contributed by atoms with Gasteiger partial charge in [-0.2, -0.15) is 26.3 Å². The normalized spacial score (nSPS) is 14.2. The molecular weight excluding hydrogens is 583 g/mol. The zero-order chi connectivity index (χ0) is 28.4. The van der Waals surface area contributed by atoms with Gasteiger partial charge in [-0.1, -0.05) is 35.1 Å². The molecule has 0 amide bonds. The van der Waals surface area contributed by atoms with Gasteiger partial charge in [-0.25, -0.2) is 9.37 Å². The maximum absolute atomic E-state index is 15.2. The number of nitrogens with one attached hydrogen (secondary N) is 1. The monoisotopic (exact) mass is 597 g/mol. The minimum absolute atomic E-state index is 0.0293. The fourth-order valence-corrected chi connectivity index (χ4v) is 5.31. The van der Waals surface area contributed by atoms with E-state index in [0.29, 0.717) is 11.0 Å². The molecule has 0 spiro atoms. The van der Waals surface area contributed by atoms with Crippen LogP contribution in [0.25, 0.3) is 33.0 Å². The molecule has 1 aliphatic carbocycles. The standard InChI is InChI=1S/C26H15ClF7N5S/c27-17-7-4-12(9-16(17)26(32,33)34)22-35-20-11-19(18(28)10-21(20)39(22)15-5-6-15)36-24-38-37-23(40-24)13-2-1-3-14(8-13)25(29,30)31/h1-4,7-11,15H,5-6H2,(H,36,38). The topological polar surface area (TPSA) is 55.6 Å². The van der Waals surface area contributed by atoms with Crippen LogP contribution in [-0.4, -0.2) is 19.7 Å². The Morgan fingerprint density at radius 2 is 1.68 bits per heavy atom. The predicted octanol–water partition coefficient (Wildman–Crippen LogP) is 9.13. The smallest absolute Gasteiger partial charge is 0.328 e. The Morgan fingerprint density at radius 1 is 0.900 bits per heavy atom. The van der Waals surface area contributed by atoms with Crippen LogP contribution in [0.15, 0.2) is 54.6 Å². The number of benzene rings is 3. The van der Waals surface area contributed by atoms with Crippen molar-refractivity contribution >= 4 is 44.8 Å². The first-order chi connectivity index (χ1) is 18.9. The van der Waals surface area contributed by atoms with Crippen molar-refractivity contribution in [3.8, 4) is 22.0 Å². The summed E-state index contributed by atoms with van der Waals surface area (Å²) in [6, 6.07) is 10.7. The van der Waals surface area contributed by atoms with Gasteiger partial charge in [0.15, 0.2) is 0 Å². The molecule has 0 bridgehead atoms. The summed E-state index contributed by atoms with van der Waals surface area (Å²) in [5.74, 6) is -0.428. The van der Waals surface area contributed by atoms with Gasteiger partial charge >= 0.3 is 12.4 Å². The summed E-state index contributed by atoms with van der Waals surface area (Å²) in [5.41, 5.74) is -0.741. The molecule has 2 heterocycles. The van der Waals surface area contributed by atoms with E-state index in [1.165, 1.54) is 30.3 Å². The molecule has 2 aromatic heterocycles. The van der Waals surface area contributed by atoms with Crippen molar-refractivity contribution in [2.45, 2.75) is 31.2 Å². The summed E-state index contributed by atoms with van der Waals surface area (Å²) in [4.78, 5) is 4.53. The second kappa shape index (κ2) is 9.44. The van der Waals surface area contributed by atoms with Crippen LogP contribution in [0.4, 0.5) is 41.6 Å². The number of imidazole rings is 1. The first-order valence-corrected chi connectivity index (χ1v) is 12.9. The van der Waals surface area contributed by atoms with Crippen LogP contribution in [0.5, 0.6) is 0 Å². The minimum atomic E-state index is -4.67. The number of anilines is 2. The van der Waals surface area contributed by atoms with Crippen LogP contribution in [0.3, 0.4) is 0 Å². The van der Waals surface area contributed by atoms with Crippen molar-refractivity contribution in [3.63, 3.8) is 0 Å². The van der Waals surface area contributed by atoms with Crippen LogP contribution in [0.1, 0.15) is 30.0 Å². The number of halogens is 8. The summed E-state index contributed by atoms with van der Waals surface area (Å²) in [6.45, 7) is 0. The summed E-state index contributed by atoms with van der Waals surface area (Å²) in [5, 5.41) is 10.5. The highest BCUT2D eigenvalue weighted by atomic mass is 35.5. The third-order valence-corrected chi connectivity index (χ3v) is 7.54. The molecule has 3 aromatic carbocycles. The van der Waals surface area contributed by atoms with Gasteiger partial charge in [0.25, 0.3) is 0 Å². The summed E-state index contributed by atoms with van der Waals surface area (Å²) >= 11 is 6.71.